The average molecular weight is 943 g/mol. The Hall–Kier alpha value is -4.19. The van der Waals surface area contributed by atoms with E-state index < -0.39 is 132 Å². The number of carboxylic acid groups (broad SMARTS) is 1. The van der Waals surface area contributed by atoms with Gasteiger partial charge in [-0.2, -0.15) is 0 Å². The van der Waals surface area contributed by atoms with E-state index in [9.17, 15) is 49.5 Å². The predicted molar refractivity (Wildman–Crippen MR) is 234 cm³/mol. The number of aliphatic hydroxyl groups excluding tert-OH is 2. The van der Waals surface area contributed by atoms with Gasteiger partial charge in [-0.3, -0.25) is 4.79 Å². The van der Waals surface area contributed by atoms with Gasteiger partial charge in [0.15, 0.2) is 11.9 Å². The maximum atomic E-state index is 14.1. The number of ether oxygens (including phenoxy) is 6. The monoisotopic (exact) mass is 943 g/mol. The molecule has 22 nitrogen and oxygen atoms in total. The van der Waals surface area contributed by atoms with Crippen LogP contribution in [0, 0.1) is 11.8 Å². The van der Waals surface area contributed by atoms with Gasteiger partial charge >= 0.3 is 24.4 Å². The molecular weight excluding hydrogens is 869 g/mol. The molecule has 9 N–H and O–H groups in total. The van der Waals surface area contributed by atoms with Crippen LogP contribution in [0.15, 0.2) is 11.8 Å². The van der Waals surface area contributed by atoms with Gasteiger partial charge in [0.25, 0.3) is 5.91 Å². The predicted octanol–water partition coefficient (Wildman–Crippen LogP) is 1.51. The van der Waals surface area contributed by atoms with Crippen LogP contribution in [-0.4, -0.2) is 188 Å². The molecule has 5 amide bonds. The second kappa shape index (κ2) is 20.2. The Kier molecular flexibility index (Phi) is 16.1. The molecule has 0 aromatic heterocycles. The van der Waals surface area contributed by atoms with Crippen LogP contribution in [-0.2, 0) is 33.2 Å². The van der Waals surface area contributed by atoms with Crippen molar-refractivity contribution in [1.82, 2.24) is 31.1 Å². The molecule has 2 unspecified atom stereocenters. The number of amides is 5. The number of hydrogen-bond acceptors (Lipinski definition) is 16. The van der Waals surface area contributed by atoms with Crippen molar-refractivity contribution in [2.75, 3.05) is 39.8 Å². The molecule has 0 aromatic rings. The van der Waals surface area contributed by atoms with Crippen LogP contribution in [0.2, 0.25) is 0 Å². The Labute approximate surface area is 386 Å². The number of alkyl carbamates (subject to hydrolysis) is 2. The van der Waals surface area contributed by atoms with Gasteiger partial charge in [0.2, 0.25) is 0 Å². The molecule has 5 rings (SSSR count). The van der Waals surface area contributed by atoms with E-state index in [0.717, 1.165) is 29.2 Å². The molecular formula is C44H74N6O16. The fourth-order valence-electron chi connectivity index (χ4n) is 8.86. The fourth-order valence-corrected chi connectivity index (χ4v) is 8.86. The highest BCUT2D eigenvalue weighted by Crippen LogP contribution is 2.39. The summed E-state index contributed by atoms with van der Waals surface area (Å²) in [6.07, 6.45) is -8.19. The molecule has 22 heteroatoms. The summed E-state index contributed by atoms with van der Waals surface area (Å²) < 4.78 is 35.9. The zero-order chi connectivity index (χ0) is 49.3. The number of aliphatic hydroxyl groups is 4. The Balaban J connectivity index is 1.57. The van der Waals surface area contributed by atoms with Crippen molar-refractivity contribution < 1.29 is 77.9 Å². The largest absolute Gasteiger partial charge is 0.491 e. The molecule has 0 spiro atoms. The van der Waals surface area contributed by atoms with Crippen LogP contribution in [0.25, 0.3) is 0 Å². The second-order valence-electron chi connectivity index (χ2n) is 21.6. The minimum absolute atomic E-state index is 0.150. The molecule has 376 valence electrons. The molecule has 0 bridgehead atoms. The SMILES string of the molecule is CN(C(=O)OC(C)(C)C)[C@@H]1[C@@H](O)[C@@H](O[C@@H]2[C@@H](O)[C@H](C3OC(CNCC4CC4)=CC[C@H]3NC(=O)OC(C)(C)C)[C@@H](NC(=O)OC(C)(C)C)C[C@H]2NC(=O)C2(O)CCN(C(=O)O)C2)OC[C@]1(C)O. The smallest absolute Gasteiger partial charge is 0.410 e. The van der Waals surface area contributed by atoms with Gasteiger partial charge in [-0.1, -0.05) is 0 Å². The van der Waals surface area contributed by atoms with Gasteiger partial charge in [-0.25, -0.2) is 19.2 Å². The van der Waals surface area contributed by atoms with Crippen molar-refractivity contribution in [1.29, 1.82) is 0 Å². The van der Waals surface area contributed by atoms with Crippen molar-refractivity contribution in [3.05, 3.63) is 11.8 Å². The standard InChI is InChI=1S/C44H74N6O16/c1-40(2,3)64-36(54)47-25-15-14-24(20-45-19-23-12-13-23)62-31(25)28-26(48-37(55)65-41(4,5)6)18-27(46-35(53)44(60)16-17-50(21-44)38(56)57)32(29(28)51)63-34-30(52)33(43(10,59)22-61-34)49(11)39(58)66-42(7,8)9/h14,23,25-34,45,51-52,59-60H,12-13,15-22H2,1-11H3,(H,46,53)(H,47,54)(H,48,55)(H,56,57)/t25-,26+,27-,28-,29+,30-,31?,32+,33-,34-,43+,44?/m1/s1. The molecule has 66 heavy (non-hydrogen) atoms. The number of nitrogens with zero attached hydrogens (tertiary/aromatic N) is 2. The summed E-state index contributed by atoms with van der Waals surface area (Å²) in [6.45, 7) is 16.2. The van der Waals surface area contributed by atoms with Crippen molar-refractivity contribution in [3.8, 4) is 0 Å². The Morgan fingerprint density at radius 1 is 0.864 bits per heavy atom. The van der Waals surface area contributed by atoms with Gasteiger partial charge in [-0.05, 0) is 113 Å². The van der Waals surface area contributed by atoms with Crippen molar-refractivity contribution >= 4 is 30.3 Å². The third-order valence-electron chi connectivity index (χ3n) is 12.0. The van der Waals surface area contributed by atoms with E-state index in [1.807, 2.05) is 6.08 Å². The first-order valence-electron chi connectivity index (χ1n) is 22.7. The minimum atomic E-state index is -2.21. The number of carbonyl (C=O) groups is 5. The van der Waals surface area contributed by atoms with Crippen molar-refractivity contribution in [3.63, 3.8) is 0 Å². The first kappa shape index (κ1) is 52.8. The number of hydrogen-bond donors (Lipinski definition) is 9. The summed E-state index contributed by atoms with van der Waals surface area (Å²) >= 11 is 0. The maximum absolute atomic E-state index is 14.1. The second-order valence-corrected chi connectivity index (χ2v) is 21.6. The zero-order valence-corrected chi connectivity index (χ0v) is 40.1. The topological polar surface area (TPSA) is 296 Å². The quantitative estimate of drug-likeness (QED) is 0.125. The van der Waals surface area contributed by atoms with Crippen molar-refractivity contribution in [2.45, 2.75) is 184 Å². The molecule has 12 atom stereocenters. The first-order chi connectivity index (χ1) is 30.4. The van der Waals surface area contributed by atoms with Gasteiger partial charge in [0.05, 0.1) is 43.9 Å². The first-order valence-corrected chi connectivity index (χ1v) is 22.7. The molecule has 3 heterocycles. The molecule has 0 aromatic carbocycles. The lowest BCUT2D eigenvalue weighted by Crippen LogP contribution is -2.71. The summed E-state index contributed by atoms with van der Waals surface area (Å²) in [5, 5.41) is 69.3. The minimum Gasteiger partial charge on any atom is -0.491 e. The lowest BCUT2D eigenvalue weighted by molar-refractivity contribution is -0.306. The van der Waals surface area contributed by atoms with E-state index in [4.69, 9.17) is 28.4 Å². The number of carbonyl (C=O) groups excluding carboxylic acids is 4. The highest BCUT2D eigenvalue weighted by Gasteiger charge is 2.57. The van der Waals surface area contributed by atoms with Crippen LogP contribution >= 0.6 is 0 Å². The van der Waals surface area contributed by atoms with E-state index >= 15 is 0 Å². The molecule has 2 saturated carbocycles. The van der Waals surface area contributed by atoms with Crippen LogP contribution < -0.4 is 21.3 Å². The lowest BCUT2D eigenvalue weighted by atomic mass is 9.72. The average Bonchev–Trinajstić information content (AvgIpc) is 3.89. The van der Waals surface area contributed by atoms with Crippen LogP contribution in [0.4, 0.5) is 19.2 Å². The summed E-state index contributed by atoms with van der Waals surface area (Å²) in [5.74, 6) is -1.18. The van der Waals surface area contributed by atoms with Crippen LogP contribution in [0.3, 0.4) is 0 Å². The van der Waals surface area contributed by atoms with E-state index in [0.29, 0.717) is 18.2 Å². The molecule has 2 aliphatic carbocycles. The highest BCUT2D eigenvalue weighted by molar-refractivity contribution is 5.87. The summed E-state index contributed by atoms with van der Waals surface area (Å²) in [6, 6.07) is -4.76. The summed E-state index contributed by atoms with van der Waals surface area (Å²) in [4.78, 5) is 68.2. The number of likely N-dealkylation sites (tertiary alicyclic amines) is 1. The number of β-amino-alcohol motifs (C(OH)–C–C–N with tert-alkyl or cyclic N) is 1. The number of nitrogens with one attached hydrogen (secondary N) is 4. The van der Waals surface area contributed by atoms with Gasteiger partial charge in [-0.15, -0.1) is 0 Å². The Morgan fingerprint density at radius 2 is 1.45 bits per heavy atom. The Morgan fingerprint density at radius 3 is 2.00 bits per heavy atom. The van der Waals surface area contributed by atoms with E-state index in [-0.39, 0.29) is 25.8 Å². The zero-order valence-electron chi connectivity index (χ0n) is 40.1. The number of rotatable bonds is 12. The van der Waals surface area contributed by atoms with Crippen molar-refractivity contribution in [2.24, 2.45) is 11.8 Å². The van der Waals surface area contributed by atoms with E-state index in [2.05, 4.69) is 21.3 Å². The molecule has 3 aliphatic heterocycles. The van der Waals surface area contributed by atoms with Crippen LogP contribution in [0.5, 0.6) is 0 Å². The molecule has 0 radical (unpaired) electrons. The molecule has 4 fully saturated rings. The third kappa shape index (κ3) is 13.9. The van der Waals surface area contributed by atoms with Gasteiger partial charge in [0, 0.05) is 32.0 Å². The van der Waals surface area contributed by atoms with Crippen LogP contribution in [0.1, 0.15) is 101 Å². The van der Waals surface area contributed by atoms with Gasteiger partial charge in [0.1, 0.15) is 46.5 Å². The third-order valence-corrected chi connectivity index (χ3v) is 12.0. The Bertz CT molecular complexity index is 1790. The number of likely N-dealkylation sites (N-methyl/N-ethyl adjacent to an activating group) is 1. The molecule has 2 saturated heterocycles. The summed E-state index contributed by atoms with van der Waals surface area (Å²) in [7, 11) is 1.33. The normalized spacial score (nSPS) is 34.0. The highest BCUT2D eigenvalue weighted by atomic mass is 16.7. The lowest BCUT2D eigenvalue weighted by Gasteiger charge is -2.52. The van der Waals surface area contributed by atoms with Gasteiger partial charge < -0.3 is 85.0 Å². The maximum Gasteiger partial charge on any atom is 0.410 e. The van der Waals surface area contributed by atoms with E-state index in [1.54, 1.807) is 62.3 Å². The molecule has 5 aliphatic rings. The summed E-state index contributed by atoms with van der Waals surface area (Å²) in [5.41, 5.74) is -6.86. The van der Waals surface area contributed by atoms with E-state index in [1.165, 1.54) is 14.0 Å². The fraction of sp³-hybridized carbons (Fsp3) is 0.841.